The lowest BCUT2D eigenvalue weighted by molar-refractivity contribution is 0.302. The molecular weight excluding hydrogens is 332 g/mol. The highest BCUT2D eigenvalue weighted by Crippen LogP contribution is 2.33. The van der Waals surface area contributed by atoms with Crippen molar-refractivity contribution in [3.8, 4) is 22.9 Å². The molecule has 0 bridgehead atoms. The first-order valence-corrected chi connectivity index (χ1v) is 8.82. The molecule has 3 heteroatoms. The number of hydrogen-bond acceptors (Lipinski definition) is 3. The van der Waals surface area contributed by atoms with Crippen molar-refractivity contribution in [2.24, 2.45) is 0 Å². The van der Waals surface area contributed by atoms with E-state index in [1.54, 1.807) is 6.20 Å². The molecule has 0 saturated heterocycles. The average Bonchev–Trinajstić information content (AvgIpc) is 2.73. The van der Waals surface area contributed by atoms with Crippen LogP contribution in [0.15, 0.2) is 79.0 Å². The minimum absolute atomic E-state index is 0.313. The molecule has 3 aromatic carbocycles. The van der Waals surface area contributed by atoms with Gasteiger partial charge in [-0.3, -0.25) is 0 Å². The normalized spacial score (nSPS) is 10.5. The number of fused-ring (bicyclic) bond motifs is 1. The third kappa shape index (κ3) is 3.38. The Balaban J connectivity index is 1.74. The zero-order valence-electron chi connectivity index (χ0n) is 15.0. The number of nitriles is 1. The van der Waals surface area contributed by atoms with Crippen LogP contribution in [0.25, 0.3) is 21.9 Å². The summed E-state index contributed by atoms with van der Waals surface area (Å²) in [6, 6.07) is 26.7. The minimum Gasteiger partial charge on any atom is -0.486 e. The molecule has 3 nitrogen and oxygen atoms in total. The fourth-order valence-electron chi connectivity index (χ4n) is 3.22. The van der Waals surface area contributed by atoms with E-state index in [2.05, 4.69) is 41.4 Å². The summed E-state index contributed by atoms with van der Waals surface area (Å²) in [5.41, 5.74) is 4.33. The van der Waals surface area contributed by atoms with E-state index in [1.165, 1.54) is 10.8 Å². The van der Waals surface area contributed by atoms with Crippen LogP contribution in [0.3, 0.4) is 0 Å². The Labute approximate surface area is 158 Å². The molecule has 4 rings (SSSR count). The van der Waals surface area contributed by atoms with Crippen molar-refractivity contribution in [3.63, 3.8) is 0 Å². The Morgan fingerprint density at radius 2 is 1.67 bits per heavy atom. The summed E-state index contributed by atoms with van der Waals surface area (Å²) in [6.07, 6.45) is 1.76. The molecule has 0 N–H and O–H groups in total. The lowest BCUT2D eigenvalue weighted by atomic mass is 9.98. The molecule has 0 spiro atoms. The lowest BCUT2D eigenvalue weighted by Gasteiger charge is -2.14. The van der Waals surface area contributed by atoms with Crippen LogP contribution in [0.5, 0.6) is 5.75 Å². The summed E-state index contributed by atoms with van der Waals surface area (Å²) < 4.78 is 6.01. The van der Waals surface area contributed by atoms with Gasteiger partial charge < -0.3 is 4.74 Å². The molecule has 0 aliphatic rings. The van der Waals surface area contributed by atoms with Gasteiger partial charge in [0.25, 0.3) is 0 Å². The highest BCUT2D eigenvalue weighted by molar-refractivity contribution is 5.88. The lowest BCUT2D eigenvalue weighted by Crippen LogP contribution is -2.02. The molecule has 0 saturated carbocycles. The van der Waals surface area contributed by atoms with Crippen LogP contribution in [-0.2, 0) is 6.61 Å². The predicted molar refractivity (Wildman–Crippen MR) is 107 cm³/mol. The summed E-state index contributed by atoms with van der Waals surface area (Å²) in [7, 11) is 0. The SMILES string of the molecule is Cc1c(-c2ccc3ccccc3c2)cnc(C#N)c1OCc1ccccc1. The zero-order chi connectivity index (χ0) is 18.6. The topological polar surface area (TPSA) is 45.9 Å². The highest BCUT2D eigenvalue weighted by atomic mass is 16.5. The van der Waals surface area contributed by atoms with Gasteiger partial charge in [0.15, 0.2) is 11.4 Å². The Morgan fingerprint density at radius 1 is 0.926 bits per heavy atom. The fourth-order valence-corrected chi connectivity index (χ4v) is 3.22. The van der Waals surface area contributed by atoms with Crippen LogP contribution < -0.4 is 4.74 Å². The van der Waals surface area contributed by atoms with Gasteiger partial charge in [0.1, 0.15) is 12.7 Å². The van der Waals surface area contributed by atoms with E-state index >= 15 is 0 Å². The molecule has 27 heavy (non-hydrogen) atoms. The number of hydrogen-bond donors (Lipinski definition) is 0. The first-order chi connectivity index (χ1) is 13.3. The van der Waals surface area contributed by atoms with E-state index in [1.807, 2.05) is 49.4 Å². The van der Waals surface area contributed by atoms with E-state index in [9.17, 15) is 5.26 Å². The third-order valence-electron chi connectivity index (χ3n) is 4.67. The molecule has 0 unspecified atom stereocenters. The van der Waals surface area contributed by atoms with Gasteiger partial charge in [-0.2, -0.15) is 5.26 Å². The summed E-state index contributed by atoms with van der Waals surface area (Å²) in [6.45, 7) is 2.38. The number of benzene rings is 3. The monoisotopic (exact) mass is 350 g/mol. The molecule has 0 amide bonds. The second-order valence-corrected chi connectivity index (χ2v) is 6.42. The number of aromatic nitrogens is 1. The Bertz CT molecular complexity index is 1140. The van der Waals surface area contributed by atoms with Crippen molar-refractivity contribution >= 4 is 10.8 Å². The molecule has 1 heterocycles. The maximum atomic E-state index is 9.45. The fraction of sp³-hybridized carbons (Fsp3) is 0.0833. The van der Waals surface area contributed by atoms with Gasteiger partial charge in [-0.05, 0) is 34.9 Å². The van der Waals surface area contributed by atoms with Crippen molar-refractivity contribution in [3.05, 3.63) is 95.8 Å². The van der Waals surface area contributed by atoms with Crippen LogP contribution in [0.1, 0.15) is 16.8 Å². The van der Waals surface area contributed by atoms with Gasteiger partial charge in [0.05, 0.1) is 0 Å². The van der Waals surface area contributed by atoms with Crippen LogP contribution in [0.4, 0.5) is 0 Å². The van der Waals surface area contributed by atoms with Crippen LogP contribution in [0.2, 0.25) is 0 Å². The second kappa shape index (κ2) is 7.31. The van der Waals surface area contributed by atoms with Gasteiger partial charge >= 0.3 is 0 Å². The van der Waals surface area contributed by atoms with Gasteiger partial charge in [-0.25, -0.2) is 4.98 Å². The summed E-state index contributed by atoms with van der Waals surface area (Å²) >= 11 is 0. The first kappa shape index (κ1) is 16.8. The van der Waals surface area contributed by atoms with E-state index in [0.717, 1.165) is 22.3 Å². The molecule has 0 aliphatic carbocycles. The van der Waals surface area contributed by atoms with Gasteiger partial charge in [-0.1, -0.05) is 66.7 Å². The molecule has 4 aromatic rings. The van der Waals surface area contributed by atoms with Crippen molar-refractivity contribution in [1.29, 1.82) is 5.26 Å². The minimum atomic E-state index is 0.313. The number of rotatable bonds is 4. The van der Waals surface area contributed by atoms with Crippen LogP contribution >= 0.6 is 0 Å². The standard InChI is InChI=1S/C24H18N2O/c1-17-22(21-12-11-19-9-5-6-10-20(19)13-21)15-26-23(14-25)24(17)27-16-18-7-3-2-4-8-18/h2-13,15H,16H2,1H3. The largest absolute Gasteiger partial charge is 0.486 e. The van der Waals surface area contributed by atoms with Crippen LogP contribution in [0, 0.1) is 18.3 Å². The quantitative estimate of drug-likeness (QED) is 0.477. The molecule has 1 aromatic heterocycles. The average molecular weight is 350 g/mol. The summed E-state index contributed by atoms with van der Waals surface area (Å²) in [5, 5.41) is 11.8. The first-order valence-electron chi connectivity index (χ1n) is 8.82. The van der Waals surface area contributed by atoms with Gasteiger partial charge in [-0.15, -0.1) is 0 Å². The van der Waals surface area contributed by atoms with Gasteiger partial charge in [0, 0.05) is 17.3 Å². The predicted octanol–water partition coefficient (Wildman–Crippen LogP) is 5.66. The molecule has 0 fully saturated rings. The molecular formula is C24H18N2O. The van der Waals surface area contributed by atoms with Gasteiger partial charge in [0.2, 0.25) is 0 Å². The van der Waals surface area contributed by atoms with E-state index < -0.39 is 0 Å². The van der Waals surface area contributed by atoms with Crippen molar-refractivity contribution in [1.82, 2.24) is 4.98 Å². The van der Waals surface area contributed by atoms with Crippen molar-refractivity contribution < 1.29 is 4.74 Å². The Morgan fingerprint density at radius 3 is 2.44 bits per heavy atom. The van der Waals surface area contributed by atoms with E-state index in [-0.39, 0.29) is 0 Å². The number of nitrogens with zero attached hydrogens (tertiary/aromatic N) is 2. The van der Waals surface area contributed by atoms with E-state index in [4.69, 9.17) is 4.74 Å². The van der Waals surface area contributed by atoms with Crippen LogP contribution in [-0.4, -0.2) is 4.98 Å². The maximum Gasteiger partial charge on any atom is 0.182 e. The smallest absolute Gasteiger partial charge is 0.182 e. The molecule has 0 radical (unpaired) electrons. The summed E-state index contributed by atoms with van der Waals surface area (Å²) in [5.74, 6) is 0.548. The van der Waals surface area contributed by atoms with Crippen molar-refractivity contribution in [2.45, 2.75) is 13.5 Å². The Kier molecular flexibility index (Phi) is 4.55. The molecule has 130 valence electrons. The number of ether oxygens (including phenoxy) is 1. The summed E-state index contributed by atoms with van der Waals surface area (Å²) in [4.78, 5) is 4.34. The van der Waals surface area contributed by atoms with E-state index in [0.29, 0.717) is 18.1 Å². The number of pyridine rings is 1. The highest BCUT2D eigenvalue weighted by Gasteiger charge is 2.14. The molecule has 0 aliphatic heterocycles. The third-order valence-corrected chi connectivity index (χ3v) is 4.67. The maximum absolute atomic E-state index is 9.45. The molecule has 0 atom stereocenters. The van der Waals surface area contributed by atoms with Crippen molar-refractivity contribution in [2.75, 3.05) is 0 Å². The zero-order valence-corrected chi connectivity index (χ0v) is 15.0. The Hall–Kier alpha value is -3.64. The second-order valence-electron chi connectivity index (χ2n) is 6.42.